The van der Waals surface area contributed by atoms with Gasteiger partial charge in [0.2, 0.25) is 5.88 Å². The average Bonchev–Trinajstić information content (AvgIpc) is 2.40. The van der Waals surface area contributed by atoms with Gasteiger partial charge in [0.1, 0.15) is 11.4 Å². The van der Waals surface area contributed by atoms with Crippen LogP contribution in [0, 0.1) is 11.3 Å². The molecule has 0 amide bonds. The van der Waals surface area contributed by atoms with E-state index in [4.69, 9.17) is 20.5 Å². The van der Waals surface area contributed by atoms with Crippen LogP contribution in [0.25, 0.3) is 0 Å². The number of nitrogens with two attached hydrogens (primary N) is 1. The minimum atomic E-state index is -0.371. The summed E-state index contributed by atoms with van der Waals surface area (Å²) in [6.07, 6.45) is 0.422. The van der Waals surface area contributed by atoms with Crippen molar-refractivity contribution < 1.29 is 9.47 Å². The van der Waals surface area contributed by atoms with Crippen molar-refractivity contribution >= 4 is 11.5 Å². The van der Waals surface area contributed by atoms with Crippen LogP contribution in [0.3, 0.4) is 0 Å². The molecule has 0 aliphatic carbocycles. The molecule has 0 fully saturated rings. The number of nitrogen functional groups attached to an aromatic ring is 1. The summed E-state index contributed by atoms with van der Waals surface area (Å²) in [5, 5.41) is 8.77. The lowest BCUT2D eigenvalue weighted by Crippen LogP contribution is -2.30. The molecule has 116 valence electrons. The largest absolute Gasteiger partial charge is 0.470 e. The molecule has 0 saturated carbocycles. The second-order valence-electron chi connectivity index (χ2n) is 5.67. The zero-order chi connectivity index (χ0) is 15.9. The van der Waals surface area contributed by atoms with Crippen LogP contribution in [0.4, 0.5) is 11.5 Å². The van der Waals surface area contributed by atoms with Crippen molar-refractivity contribution in [2.75, 3.05) is 37.4 Å². The number of rotatable bonds is 7. The fourth-order valence-corrected chi connectivity index (χ4v) is 1.72. The molecule has 0 saturated heterocycles. The third-order valence-electron chi connectivity index (χ3n) is 2.66. The predicted molar refractivity (Wildman–Crippen MR) is 83.3 cm³/mol. The normalized spacial score (nSPS) is 11.0. The average molecular weight is 292 g/mol. The summed E-state index contributed by atoms with van der Waals surface area (Å²) in [6.45, 7) is 7.64. The second kappa shape index (κ2) is 7.70. The first-order valence-electron chi connectivity index (χ1n) is 6.93. The van der Waals surface area contributed by atoms with Gasteiger partial charge in [-0.1, -0.05) is 0 Å². The van der Waals surface area contributed by atoms with Crippen molar-refractivity contribution in [2.45, 2.75) is 32.8 Å². The van der Waals surface area contributed by atoms with Gasteiger partial charge in [-0.15, -0.1) is 0 Å². The van der Waals surface area contributed by atoms with E-state index < -0.39 is 0 Å². The monoisotopic (exact) mass is 292 g/mol. The molecule has 1 heterocycles. The van der Waals surface area contributed by atoms with Crippen LogP contribution in [-0.4, -0.2) is 37.4 Å². The number of aromatic nitrogens is 1. The summed E-state index contributed by atoms with van der Waals surface area (Å²) in [5.74, 6) is 1.15. The van der Waals surface area contributed by atoms with E-state index in [-0.39, 0.29) is 5.60 Å². The lowest BCUT2D eigenvalue weighted by atomic mass is 10.2. The molecule has 6 heteroatoms. The van der Waals surface area contributed by atoms with E-state index >= 15 is 0 Å². The van der Waals surface area contributed by atoms with Gasteiger partial charge < -0.3 is 20.1 Å². The minimum Gasteiger partial charge on any atom is -0.470 e. The molecule has 0 spiro atoms. The van der Waals surface area contributed by atoms with Crippen LogP contribution in [-0.2, 0) is 4.74 Å². The number of hydrogen-bond acceptors (Lipinski definition) is 6. The molecule has 0 atom stereocenters. The smallest absolute Gasteiger partial charge is 0.239 e. The Hall–Kier alpha value is -2.00. The van der Waals surface area contributed by atoms with Gasteiger partial charge in [0.25, 0.3) is 0 Å². The molecule has 0 bridgehead atoms. The predicted octanol–water partition coefficient (Wildman–Crippen LogP) is 2.21. The minimum absolute atomic E-state index is 0.371. The lowest BCUT2D eigenvalue weighted by molar-refractivity contribution is 0.125. The van der Waals surface area contributed by atoms with E-state index in [2.05, 4.69) is 11.1 Å². The lowest BCUT2D eigenvalue weighted by Gasteiger charge is -2.25. The van der Waals surface area contributed by atoms with E-state index in [0.29, 0.717) is 37.7 Å². The van der Waals surface area contributed by atoms with Gasteiger partial charge in [0.05, 0.1) is 24.8 Å². The Morgan fingerprint density at radius 2 is 2.05 bits per heavy atom. The summed E-state index contributed by atoms with van der Waals surface area (Å²) >= 11 is 0. The van der Waals surface area contributed by atoms with E-state index in [1.54, 1.807) is 13.2 Å². The fraction of sp³-hybridized carbons (Fsp3) is 0.600. The van der Waals surface area contributed by atoms with Crippen LogP contribution in [0.15, 0.2) is 12.1 Å². The standard InChI is InChI=1S/C15H24N4O2/c1-15(2,3)21-14-12(17)6-7-13(18-14)19(9-5-8-16)10-11-20-4/h6-7H,5,9-11,17H2,1-4H3. The molecular weight excluding hydrogens is 268 g/mol. The molecule has 0 aliphatic heterocycles. The van der Waals surface area contributed by atoms with Gasteiger partial charge in [-0.05, 0) is 32.9 Å². The van der Waals surface area contributed by atoms with Gasteiger partial charge >= 0.3 is 0 Å². The third-order valence-corrected chi connectivity index (χ3v) is 2.66. The number of anilines is 2. The molecular formula is C15H24N4O2. The van der Waals surface area contributed by atoms with E-state index in [0.717, 1.165) is 5.82 Å². The molecule has 0 aliphatic rings. The maximum atomic E-state index is 8.77. The van der Waals surface area contributed by atoms with Gasteiger partial charge in [-0.3, -0.25) is 0 Å². The maximum Gasteiger partial charge on any atom is 0.239 e. The summed E-state index contributed by atoms with van der Waals surface area (Å²) in [6, 6.07) is 5.75. The first-order chi connectivity index (χ1) is 9.87. The van der Waals surface area contributed by atoms with Crippen molar-refractivity contribution in [3.63, 3.8) is 0 Å². The molecule has 21 heavy (non-hydrogen) atoms. The first kappa shape index (κ1) is 17.1. The molecule has 0 unspecified atom stereocenters. The molecule has 0 radical (unpaired) electrons. The van der Waals surface area contributed by atoms with Crippen LogP contribution in [0.2, 0.25) is 0 Å². The Bertz CT molecular complexity index is 491. The van der Waals surface area contributed by atoms with E-state index in [1.165, 1.54) is 0 Å². The Kier molecular flexibility index (Phi) is 6.25. The summed E-state index contributed by atoms with van der Waals surface area (Å²) in [5.41, 5.74) is 6.04. The quantitative estimate of drug-likeness (QED) is 0.829. The van der Waals surface area contributed by atoms with Gasteiger partial charge in [0.15, 0.2) is 0 Å². The summed E-state index contributed by atoms with van der Waals surface area (Å²) in [7, 11) is 1.65. The highest BCUT2D eigenvalue weighted by Crippen LogP contribution is 2.26. The van der Waals surface area contributed by atoms with Crippen molar-refractivity contribution in [3.8, 4) is 11.9 Å². The molecule has 2 N–H and O–H groups in total. The zero-order valence-electron chi connectivity index (χ0n) is 13.2. The SMILES string of the molecule is COCCN(CCC#N)c1ccc(N)c(OC(C)(C)C)n1. The molecule has 0 aromatic carbocycles. The molecule has 1 aromatic rings. The molecule has 1 rings (SSSR count). The Morgan fingerprint density at radius 1 is 1.33 bits per heavy atom. The van der Waals surface area contributed by atoms with Crippen molar-refractivity contribution in [1.82, 2.24) is 4.98 Å². The number of nitriles is 1. The van der Waals surface area contributed by atoms with Crippen molar-refractivity contribution in [3.05, 3.63) is 12.1 Å². The van der Waals surface area contributed by atoms with Crippen molar-refractivity contribution in [1.29, 1.82) is 5.26 Å². The van der Waals surface area contributed by atoms with Gasteiger partial charge in [-0.25, -0.2) is 0 Å². The van der Waals surface area contributed by atoms with E-state index in [9.17, 15) is 0 Å². The molecule has 6 nitrogen and oxygen atoms in total. The zero-order valence-corrected chi connectivity index (χ0v) is 13.2. The first-order valence-corrected chi connectivity index (χ1v) is 6.93. The Labute approximate surface area is 126 Å². The van der Waals surface area contributed by atoms with E-state index in [1.807, 2.05) is 31.7 Å². The van der Waals surface area contributed by atoms with Crippen LogP contribution < -0.4 is 15.4 Å². The topological polar surface area (TPSA) is 84.4 Å². The highest BCUT2D eigenvalue weighted by Gasteiger charge is 2.17. The number of pyridine rings is 1. The number of ether oxygens (including phenoxy) is 2. The van der Waals surface area contributed by atoms with Crippen LogP contribution in [0.5, 0.6) is 5.88 Å². The second-order valence-corrected chi connectivity index (χ2v) is 5.67. The van der Waals surface area contributed by atoms with Crippen LogP contribution >= 0.6 is 0 Å². The fourth-order valence-electron chi connectivity index (χ4n) is 1.72. The third kappa shape index (κ3) is 5.88. The Balaban J connectivity index is 2.97. The highest BCUT2D eigenvalue weighted by molar-refractivity contribution is 5.54. The maximum absolute atomic E-state index is 8.77. The number of nitrogens with zero attached hydrogens (tertiary/aromatic N) is 3. The molecule has 1 aromatic heterocycles. The highest BCUT2D eigenvalue weighted by atomic mass is 16.5. The summed E-state index contributed by atoms with van der Waals surface area (Å²) in [4.78, 5) is 6.47. The van der Waals surface area contributed by atoms with Crippen molar-refractivity contribution in [2.24, 2.45) is 0 Å². The van der Waals surface area contributed by atoms with Crippen LogP contribution in [0.1, 0.15) is 27.2 Å². The number of methoxy groups -OCH3 is 1. The van der Waals surface area contributed by atoms with Gasteiger partial charge in [-0.2, -0.15) is 10.2 Å². The Morgan fingerprint density at radius 3 is 2.62 bits per heavy atom. The number of hydrogen-bond donors (Lipinski definition) is 1. The van der Waals surface area contributed by atoms with Gasteiger partial charge in [0, 0.05) is 20.2 Å². The summed E-state index contributed by atoms with van der Waals surface area (Å²) < 4.78 is 10.9.